The number of hydrogen-bond acceptors (Lipinski definition) is 5. The van der Waals surface area contributed by atoms with Crippen molar-refractivity contribution in [2.75, 3.05) is 6.54 Å². The molecule has 3 rings (SSSR count). The van der Waals surface area contributed by atoms with Gasteiger partial charge in [-0.2, -0.15) is 0 Å². The van der Waals surface area contributed by atoms with Gasteiger partial charge in [0.1, 0.15) is 4.21 Å². The number of rotatable bonds is 6. The Morgan fingerprint density at radius 2 is 1.88 bits per heavy atom. The van der Waals surface area contributed by atoms with Crippen LogP contribution in [0.3, 0.4) is 0 Å². The SMILES string of the molecule is O=S(=O)(NCC(O)c1ccc(-c2cccs2)cc1)c1ccc(Cl)s1. The first kappa shape index (κ1) is 17.6. The van der Waals surface area contributed by atoms with Crippen molar-refractivity contribution in [2.24, 2.45) is 0 Å². The number of aliphatic hydroxyl groups is 1. The molecule has 0 amide bonds. The maximum absolute atomic E-state index is 12.1. The normalized spacial score (nSPS) is 13.1. The number of nitrogens with one attached hydrogen (secondary N) is 1. The van der Waals surface area contributed by atoms with Gasteiger partial charge in [0, 0.05) is 11.4 Å². The quantitative estimate of drug-likeness (QED) is 0.654. The van der Waals surface area contributed by atoms with Crippen LogP contribution in [0, 0.1) is 0 Å². The second kappa shape index (κ2) is 7.35. The number of halogens is 1. The Hall–Kier alpha value is -1.22. The summed E-state index contributed by atoms with van der Waals surface area (Å²) in [6, 6.07) is 14.4. The van der Waals surface area contributed by atoms with E-state index in [9.17, 15) is 13.5 Å². The van der Waals surface area contributed by atoms with Gasteiger partial charge in [-0.05, 0) is 34.7 Å². The number of thiophene rings is 2. The summed E-state index contributed by atoms with van der Waals surface area (Å²) in [4.78, 5) is 1.14. The monoisotopic (exact) mass is 399 g/mol. The zero-order chi connectivity index (χ0) is 17.2. The zero-order valence-electron chi connectivity index (χ0n) is 12.3. The van der Waals surface area contributed by atoms with E-state index in [0.29, 0.717) is 9.90 Å². The Morgan fingerprint density at radius 3 is 2.46 bits per heavy atom. The van der Waals surface area contributed by atoms with Gasteiger partial charge in [0.05, 0.1) is 10.4 Å². The highest BCUT2D eigenvalue weighted by molar-refractivity contribution is 7.91. The molecule has 0 saturated carbocycles. The van der Waals surface area contributed by atoms with Gasteiger partial charge >= 0.3 is 0 Å². The van der Waals surface area contributed by atoms with E-state index in [0.717, 1.165) is 21.8 Å². The maximum atomic E-state index is 12.1. The predicted molar refractivity (Wildman–Crippen MR) is 99.2 cm³/mol. The lowest BCUT2D eigenvalue weighted by Crippen LogP contribution is -2.28. The van der Waals surface area contributed by atoms with Crippen molar-refractivity contribution in [3.05, 3.63) is 63.8 Å². The highest BCUT2D eigenvalue weighted by Gasteiger charge is 2.18. The second-order valence-electron chi connectivity index (χ2n) is 5.03. The van der Waals surface area contributed by atoms with E-state index in [1.54, 1.807) is 23.5 Å². The first-order chi connectivity index (χ1) is 11.5. The predicted octanol–water partition coefficient (Wildman–Crippen LogP) is 4.14. The molecule has 0 aliphatic carbocycles. The standard InChI is InChI=1S/C16H14ClNO3S3/c17-15-7-8-16(23-15)24(20,21)18-10-13(19)11-3-5-12(6-4-11)14-2-1-9-22-14/h1-9,13,18-19H,10H2. The van der Waals surface area contributed by atoms with E-state index in [-0.39, 0.29) is 10.8 Å². The van der Waals surface area contributed by atoms with Crippen LogP contribution in [-0.4, -0.2) is 20.1 Å². The fourth-order valence-electron chi connectivity index (χ4n) is 2.13. The first-order valence-electron chi connectivity index (χ1n) is 7.02. The Bertz CT molecular complexity index is 902. The van der Waals surface area contributed by atoms with Gasteiger partial charge in [-0.25, -0.2) is 13.1 Å². The molecule has 126 valence electrons. The molecule has 1 unspecified atom stereocenters. The smallest absolute Gasteiger partial charge is 0.250 e. The fraction of sp³-hybridized carbons (Fsp3) is 0.125. The zero-order valence-corrected chi connectivity index (χ0v) is 15.6. The van der Waals surface area contributed by atoms with Crippen LogP contribution < -0.4 is 4.72 Å². The molecule has 0 fully saturated rings. The number of aliphatic hydroxyl groups excluding tert-OH is 1. The number of benzene rings is 1. The summed E-state index contributed by atoms with van der Waals surface area (Å²) in [5.74, 6) is 0. The van der Waals surface area contributed by atoms with Gasteiger partial charge in [-0.3, -0.25) is 0 Å². The average molecular weight is 400 g/mol. The van der Waals surface area contributed by atoms with E-state index < -0.39 is 16.1 Å². The molecule has 24 heavy (non-hydrogen) atoms. The second-order valence-corrected chi connectivity index (χ2v) is 9.68. The van der Waals surface area contributed by atoms with E-state index >= 15 is 0 Å². The summed E-state index contributed by atoms with van der Waals surface area (Å²) in [6.07, 6.45) is -0.924. The minimum absolute atomic E-state index is 0.101. The summed E-state index contributed by atoms with van der Waals surface area (Å²) >= 11 is 8.38. The van der Waals surface area contributed by atoms with Gasteiger partial charge in [0.2, 0.25) is 10.0 Å². The lowest BCUT2D eigenvalue weighted by Gasteiger charge is -2.12. The van der Waals surface area contributed by atoms with Crippen LogP contribution in [0.1, 0.15) is 11.7 Å². The van der Waals surface area contributed by atoms with E-state index in [4.69, 9.17) is 11.6 Å². The van der Waals surface area contributed by atoms with Gasteiger partial charge in [0.15, 0.2) is 0 Å². The third-order valence-corrected chi connectivity index (χ3v) is 7.45. The van der Waals surface area contributed by atoms with E-state index in [1.165, 1.54) is 12.1 Å². The Labute approximate surface area is 153 Å². The van der Waals surface area contributed by atoms with Crippen molar-refractivity contribution >= 4 is 44.3 Å². The number of sulfonamides is 1. The van der Waals surface area contributed by atoms with Crippen LogP contribution >= 0.6 is 34.3 Å². The summed E-state index contributed by atoms with van der Waals surface area (Å²) in [7, 11) is -3.66. The van der Waals surface area contributed by atoms with Crippen LogP contribution in [0.2, 0.25) is 4.34 Å². The minimum atomic E-state index is -3.66. The molecule has 1 atom stereocenters. The molecule has 8 heteroatoms. The van der Waals surface area contributed by atoms with Crippen molar-refractivity contribution in [3.8, 4) is 10.4 Å². The van der Waals surface area contributed by atoms with Crippen LogP contribution in [0.5, 0.6) is 0 Å². The maximum Gasteiger partial charge on any atom is 0.250 e. The minimum Gasteiger partial charge on any atom is -0.387 e. The molecule has 0 spiro atoms. The van der Waals surface area contributed by atoms with E-state index in [1.807, 2.05) is 29.6 Å². The molecule has 3 aromatic rings. The lowest BCUT2D eigenvalue weighted by atomic mass is 10.1. The number of hydrogen-bond donors (Lipinski definition) is 2. The van der Waals surface area contributed by atoms with Crippen molar-refractivity contribution in [1.29, 1.82) is 0 Å². The molecule has 4 nitrogen and oxygen atoms in total. The molecule has 0 radical (unpaired) electrons. The largest absolute Gasteiger partial charge is 0.387 e. The molecule has 0 bridgehead atoms. The van der Waals surface area contributed by atoms with Crippen molar-refractivity contribution in [1.82, 2.24) is 4.72 Å². The lowest BCUT2D eigenvalue weighted by molar-refractivity contribution is 0.182. The van der Waals surface area contributed by atoms with Crippen molar-refractivity contribution in [2.45, 2.75) is 10.3 Å². The molecule has 2 aromatic heterocycles. The molecule has 0 aliphatic rings. The van der Waals surface area contributed by atoms with Crippen LogP contribution in [-0.2, 0) is 10.0 Å². The van der Waals surface area contributed by atoms with E-state index in [2.05, 4.69) is 4.72 Å². The van der Waals surface area contributed by atoms with Crippen molar-refractivity contribution in [3.63, 3.8) is 0 Å². The van der Waals surface area contributed by atoms with Crippen LogP contribution in [0.4, 0.5) is 0 Å². The Balaban J connectivity index is 1.65. The summed E-state index contributed by atoms with van der Waals surface area (Å²) in [5.41, 5.74) is 1.72. The summed E-state index contributed by atoms with van der Waals surface area (Å²) in [5, 5.41) is 12.2. The highest BCUT2D eigenvalue weighted by atomic mass is 35.5. The summed E-state index contributed by atoms with van der Waals surface area (Å²) in [6.45, 7) is -0.101. The first-order valence-corrected chi connectivity index (χ1v) is 10.6. The molecule has 2 heterocycles. The van der Waals surface area contributed by atoms with Crippen LogP contribution in [0.15, 0.2) is 58.1 Å². The summed E-state index contributed by atoms with van der Waals surface area (Å²) < 4.78 is 27.2. The Morgan fingerprint density at radius 1 is 1.12 bits per heavy atom. The van der Waals surface area contributed by atoms with Gasteiger partial charge in [-0.15, -0.1) is 22.7 Å². The molecular formula is C16H14ClNO3S3. The van der Waals surface area contributed by atoms with Gasteiger partial charge in [-0.1, -0.05) is 41.9 Å². The van der Waals surface area contributed by atoms with Gasteiger partial charge in [0.25, 0.3) is 0 Å². The topological polar surface area (TPSA) is 66.4 Å². The molecular weight excluding hydrogens is 386 g/mol. The van der Waals surface area contributed by atoms with Gasteiger partial charge < -0.3 is 5.11 Å². The molecule has 0 saturated heterocycles. The fourth-order valence-corrected chi connectivity index (χ4v) is 5.43. The van der Waals surface area contributed by atoms with Crippen molar-refractivity contribution < 1.29 is 13.5 Å². The molecule has 2 N–H and O–H groups in total. The molecule has 1 aromatic carbocycles. The molecule has 0 aliphatic heterocycles. The third kappa shape index (κ3) is 4.05. The average Bonchev–Trinajstić information content (AvgIpc) is 3.24. The Kier molecular flexibility index (Phi) is 5.39. The third-order valence-electron chi connectivity index (χ3n) is 3.38. The highest BCUT2D eigenvalue weighted by Crippen LogP contribution is 2.27. The van der Waals surface area contributed by atoms with Crippen LogP contribution in [0.25, 0.3) is 10.4 Å².